The van der Waals surface area contributed by atoms with Gasteiger partial charge in [0.15, 0.2) is 5.65 Å². The number of halogens is 1. The molecule has 0 radical (unpaired) electrons. The number of hydrogen-bond acceptors (Lipinski definition) is 4. The summed E-state index contributed by atoms with van der Waals surface area (Å²) in [5.74, 6) is 2.17. The first-order chi connectivity index (χ1) is 10.3. The van der Waals surface area contributed by atoms with E-state index in [9.17, 15) is 0 Å². The predicted octanol–water partition coefficient (Wildman–Crippen LogP) is 2.96. The molecule has 0 N–H and O–H groups in total. The number of methoxy groups -OCH3 is 1. The Labute approximate surface area is 129 Å². The molecule has 1 aliphatic carbocycles. The van der Waals surface area contributed by atoms with E-state index >= 15 is 0 Å². The average molecular weight is 310 g/mol. The summed E-state index contributed by atoms with van der Waals surface area (Å²) < 4.78 is 13.1. The molecule has 0 aliphatic heterocycles. The zero-order valence-electron chi connectivity index (χ0n) is 12.4. The first-order valence-corrected chi connectivity index (χ1v) is 7.89. The van der Waals surface area contributed by atoms with Crippen LogP contribution in [-0.2, 0) is 11.2 Å². The number of ether oxygens (including phenoxy) is 2. The fourth-order valence-corrected chi connectivity index (χ4v) is 3.05. The van der Waals surface area contributed by atoms with E-state index in [1.54, 1.807) is 7.11 Å². The van der Waals surface area contributed by atoms with E-state index in [0.29, 0.717) is 23.9 Å². The molecular weight excluding hydrogens is 290 g/mol. The van der Waals surface area contributed by atoms with Gasteiger partial charge in [-0.1, -0.05) is 0 Å². The van der Waals surface area contributed by atoms with E-state index in [1.807, 2.05) is 19.1 Å². The van der Waals surface area contributed by atoms with Crippen molar-refractivity contribution in [2.45, 2.75) is 38.3 Å². The molecule has 2 aromatic rings. The third kappa shape index (κ3) is 2.72. The molecule has 1 fully saturated rings. The maximum atomic E-state index is 5.92. The summed E-state index contributed by atoms with van der Waals surface area (Å²) in [6.45, 7) is 2.80. The molecule has 0 aromatic carbocycles. The van der Waals surface area contributed by atoms with Crippen LogP contribution in [0.25, 0.3) is 11.2 Å². The van der Waals surface area contributed by atoms with E-state index < -0.39 is 0 Å². The van der Waals surface area contributed by atoms with Gasteiger partial charge in [0.2, 0.25) is 5.88 Å². The Bertz CT molecular complexity index is 623. The average Bonchev–Trinajstić information content (AvgIpc) is 2.80. The monoisotopic (exact) mass is 309 g/mol. The summed E-state index contributed by atoms with van der Waals surface area (Å²) in [7, 11) is 1.63. The van der Waals surface area contributed by atoms with Crippen molar-refractivity contribution in [2.75, 3.05) is 19.6 Å². The molecule has 6 heteroatoms. The Balaban J connectivity index is 1.95. The number of aryl methyl sites for hydroxylation is 1. The van der Waals surface area contributed by atoms with Gasteiger partial charge in [0.1, 0.15) is 11.3 Å². The lowest BCUT2D eigenvalue weighted by Gasteiger charge is -2.36. The van der Waals surface area contributed by atoms with Gasteiger partial charge >= 0.3 is 0 Å². The maximum absolute atomic E-state index is 5.92. The molecule has 1 saturated carbocycles. The van der Waals surface area contributed by atoms with Crippen LogP contribution in [-0.4, -0.2) is 40.2 Å². The first kappa shape index (κ1) is 14.6. The van der Waals surface area contributed by atoms with Gasteiger partial charge in [0.25, 0.3) is 0 Å². The van der Waals surface area contributed by atoms with Crippen LogP contribution in [0.1, 0.15) is 31.6 Å². The van der Waals surface area contributed by atoms with Crippen LogP contribution in [0, 0.1) is 0 Å². The number of imidazole rings is 1. The van der Waals surface area contributed by atoms with Crippen LogP contribution in [0.5, 0.6) is 5.88 Å². The molecule has 114 valence electrons. The smallest absolute Gasteiger partial charge is 0.215 e. The SMILES string of the molecule is CCOC1CC(n2c(CCCl)nc3ccc(OC)nc32)C1. The number of hydrogen-bond donors (Lipinski definition) is 0. The summed E-state index contributed by atoms with van der Waals surface area (Å²) in [4.78, 5) is 9.24. The van der Waals surface area contributed by atoms with Crippen LogP contribution in [0.15, 0.2) is 12.1 Å². The fraction of sp³-hybridized carbons (Fsp3) is 0.600. The summed E-state index contributed by atoms with van der Waals surface area (Å²) in [6.07, 6.45) is 3.11. The molecule has 0 spiro atoms. The number of rotatable bonds is 6. The molecule has 0 atom stereocenters. The van der Waals surface area contributed by atoms with Crippen molar-refractivity contribution >= 4 is 22.8 Å². The van der Waals surface area contributed by atoms with Crippen molar-refractivity contribution in [1.82, 2.24) is 14.5 Å². The molecule has 2 heterocycles. The molecule has 2 aromatic heterocycles. The molecule has 5 nitrogen and oxygen atoms in total. The third-order valence-corrected chi connectivity index (χ3v) is 4.14. The Kier molecular flexibility index (Phi) is 4.31. The lowest BCUT2D eigenvalue weighted by molar-refractivity contribution is -0.0194. The predicted molar refractivity (Wildman–Crippen MR) is 82.2 cm³/mol. The summed E-state index contributed by atoms with van der Waals surface area (Å²) in [5, 5.41) is 0. The molecule has 0 saturated heterocycles. The number of pyridine rings is 1. The Morgan fingerprint density at radius 2 is 2.14 bits per heavy atom. The van der Waals surface area contributed by atoms with Crippen LogP contribution >= 0.6 is 11.6 Å². The second-order valence-electron chi connectivity index (χ2n) is 5.24. The zero-order chi connectivity index (χ0) is 14.8. The zero-order valence-corrected chi connectivity index (χ0v) is 13.1. The highest BCUT2D eigenvalue weighted by Gasteiger charge is 2.33. The van der Waals surface area contributed by atoms with Gasteiger partial charge in [-0.25, -0.2) is 4.98 Å². The largest absolute Gasteiger partial charge is 0.481 e. The maximum Gasteiger partial charge on any atom is 0.215 e. The van der Waals surface area contributed by atoms with Gasteiger partial charge in [-0.15, -0.1) is 11.6 Å². The number of fused-ring (bicyclic) bond motifs is 1. The minimum atomic E-state index is 0.354. The van der Waals surface area contributed by atoms with Gasteiger partial charge in [0.05, 0.1) is 13.2 Å². The van der Waals surface area contributed by atoms with Crippen LogP contribution in [0.4, 0.5) is 0 Å². The van der Waals surface area contributed by atoms with Crippen molar-refractivity contribution in [3.8, 4) is 5.88 Å². The highest BCUT2D eigenvalue weighted by Crippen LogP contribution is 2.37. The van der Waals surface area contributed by atoms with E-state index in [1.165, 1.54) is 0 Å². The summed E-state index contributed by atoms with van der Waals surface area (Å²) in [5.41, 5.74) is 1.78. The van der Waals surface area contributed by atoms with Crippen LogP contribution in [0.3, 0.4) is 0 Å². The lowest BCUT2D eigenvalue weighted by atomic mass is 9.88. The number of aromatic nitrogens is 3. The number of nitrogens with zero attached hydrogens (tertiary/aromatic N) is 3. The highest BCUT2D eigenvalue weighted by atomic mass is 35.5. The second-order valence-corrected chi connectivity index (χ2v) is 5.61. The van der Waals surface area contributed by atoms with Crippen molar-refractivity contribution in [3.63, 3.8) is 0 Å². The van der Waals surface area contributed by atoms with Crippen molar-refractivity contribution in [2.24, 2.45) is 0 Å². The highest BCUT2D eigenvalue weighted by molar-refractivity contribution is 6.17. The molecular formula is C15H20ClN3O2. The number of alkyl halides is 1. The van der Waals surface area contributed by atoms with Crippen LogP contribution < -0.4 is 4.74 Å². The molecule has 21 heavy (non-hydrogen) atoms. The molecule has 0 bridgehead atoms. The summed E-state index contributed by atoms with van der Waals surface area (Å²) >= 11 is 5.92. The standard InChI is InChI=1S/C15H20ClN3O2/c1-3-21-11-8-10(9-11)19-13(6-7-16)17-12-4-5-14(20-2)18-15(12)19/h4-5,10-11H,3,6-9H2,1-2H3. The Morgan fingerprint density at radius 3 is 2.81 bits per heavy atom. The van der Waals surface area contributed by atoms with E-state index in [0.717, 1.165) is 42.9 Å². The van der Waals surface area contributed by atoms with Crippen LogP contribution in [0.2, 0.25) is 0 Å². The Hall–Kier alpha value is -1.33. The first-order valence-electron chi connectivity index (χ1n) is 7.36. The van der Waals surface area contributed by atoms with E-state index in [-0.39, 0.29) is 0 Å². The van der Waals surface area contributed by atoms with E-state index in [2.05, 4.69) is 14.5 Å². The fourth-order valence-electron chi connectivity index (χ4n) is 2.88. The minimum Gasteiger partial charge on any atom is -0.481 e. The lowest BCUT2D eigenvalue weighted by Crippen LogP contribution is -2.34. The summed E-state index contributed by atoms with van der Waals surface area (Å²) in [6, 6.07) is 4.19. The third-order valence-electron chi connectivity index (χ3n) is 3.95. The Morgan fingerprint density at radius 1 is 1.33 bits per heavy atom. The molecule has 0 amide bonds. The van der Waals surface area contributed by atoms with E-state index in [4.69, 9.17) is 21.1 Å². The van der Waals surface area contributed by atoms with Gasteiger partial charge in [0, 0.05) is 31.0 Å². The van der Waals surface area contributed by atoms with Crippen molar-refractivity contribution < 1.29 is 9.47 Å². The van der Waals surface area contributed by atoms with Gasteiger partial charge in [-0.3, -0.25) is 0 Å². The van der Waals surface area contributed by atoms with Crippen molar-refractivity contribution in [1.29, 1.82) is 0 Å². The minimum absolute atomic E-state index is 0.354. The molecule has 1 aliphatic rings. The second kappa shape index (κ2) is 6.20. The normalized spacial score (nSPS) is 21.5. The van der Waals surface area contributed by atoms with Gasteiger partial charge in [-0.05, 0) is 25.8 Å². The molecule has 3 rings (SSSR count). The quantitative estimate of drug-likeness (QED) is 0.770. The topological polar surface area (TPSA) is 49.2 Å². The van der Waals surface area contributed by atoms with Gasteiger partial charge < -0.3 is 14.0 Å². The van der Waals surface area contributed by atoms with Gasteiger partial charge in [-0.2, -0.15) is 4.98 Å². The van der Waals surface area contributed by atoms with Crippen molar-refractivity contribution in [3.05, 3.63) is 18.0 Å². The molecule has 0 unspecified atom stereocenters.